The van der Waals surface area contributed by atoms with Crippen LogP contribution >= 0.6 is 0 Å². The lowest BCUT2D eigenvalue weighted by Crippen LogP contribution is -2.40. The van der Waals surface area contributed by atoms with E-state index in [0.29, 0.717) is 18.4 Å². The molecule has 3 nitrogen and oxygen atoms in total. The van der Waals surface area contributed by atoms with Crippen LogP contribution in [0.2, 0.25) is 0 Å². The highest BCUT2D eigenvalue weighted by Crippen LogP contribution is 2.41. The van der Waals surface area contributed by atoms with Gasteiger partial charge < -0.3 is 14.6 Å². The fraction of sp³-hybridized carbons (Fsp3) is 1.00. The van der Waals surface area contributed by atoms with Crippen LogP contribution in [0.5, 0.6) is 0 Å². The van der Waals surface area contributed by atoms with E-state index in [1.807, 2.05) is 0 Å². The van der Waals surface area contributed by atoms with Gasteiger partial charge in [-0.05, 0) is 18.3 Å². The molecule has 0 radical (unpaired) electrons. The van der Waals surface area contributed by atoms with Crippen molar-refractivity contribution in [2.45, 2.75) is 32.0 Å². The monoisotopic (exact) mass is 186 g/mol. The van der Waals surface area contributed by atoms with Crippen LogP contribution in [0.15, 0.2) is 0 Å². The molecule has 76 valence electrons. The first-order chi connectivity index (χ1) is 6.26. The maximum atomic E-state index is 9.11. The molecule has 1 heterocycles. The van der Waals surface area contributed by atoms with Crippen LogP contribution in [0.4, 0.5) is 0 Å². The third kappa shape index (κ3) is 1.73. The summed E-state index contributed by atoms with van der Waals surface area (Å²) < 4.78 is 11.3. The Hall–Kier alpha value is -0.120. The lowest BCUT2D eigenvalue weighted by molar-refractivity contribution is -0.195. The SMILES string of the molecule is C[C@@H]1CC2(CC[C@@H]1CO)OCCO2. The van der Waals surface area contributed by atoms with Crippen molar-refractivity contribution in [1.29, 1.82) is 0 Å². The fourth-order valence-corrected chi connectivity index (χ4v) is 2.48. The van der Waals surface area contributed by atoms with Crippen molar-refractivity contribution in [2.75, 3.05) is 19.8 Å². The summed E-state index contributed by atoms with van der Waals surface area (Å²) >= 11 is 0. The Bertz CT molecular complexity index is 175. The largest absolute Gasteiger partial charge is 0.396 e. The van der Waals surface area contributed by atoms with E-state index in [2.05, 4.69) is 6.92 Å². The number of aliphatic hydroxyl groups excluding tert-OH is 1. The van der Waals surface area contributed by atoms with E-state index in [9.17, 15) is 0 Å². The van der Waals surface area contributed by atoms with E-state index >= 15 is 0 Å². The molecule has 0 aromatic carbocycles. The number of rotatable bonds is 1. The molecule has 1 saturated heterocycles. The summed E-state index contributed by atoms with van der Waals surface area (Å²) in [5.74, 6) is 0.667. The zero-order chi connectivity index (χ0) is 9.31. The lowest BCUT2D eigenvalue weighted by Gasteiger charge is -2.38. The quantitative estimate of drug-likeness (QED) is 0.668. The molecule has 2 fully saturated rings. The maximum absolute atomic E-state index is 9.11. The van der Waals surface area contributed by atoms with Crippen molar-refractivity contribution in [3.8, 4) is 0 Å². The highest BCUT2D eigenvalue weighted by Gasteiger charge is 2.43. The van der Waals surface area contributed by atoms with Crippen molar-refractivity contribution in [3.63, 3.8) is 0 Å². The average molecular weight is 186 g/mol. The van der Waals surface area contributed by atoms with Gasteiger partial charge in [-0.15, -0.1) is 0 Å². The van der Waals surface area contributed by atoms with Gasteiger partial charge in [-0.25, -0.2) is 0 Å². The average Bonchev–Trinajstić information content (AvgIpc) is 2.54. The zero-order valence-corrected chi connectivity index (χ0v) is 8.16. The molecule has 0 amide bonds. The van der Waals surface area contributed by atoms with E-state index in [4.69, 9.17) is 14.6 Å². The maximum Gasteiger partial charge on any atom is 0.168 e. The van der Waals surface area contributed by atoms with Crippen molar-refractivity contribution < 1.29 is 14.6 Å². The number of hydrogen-bond donors (Lipinski definition) is 1. The predicted octanol–water partition coefficient (Wildman–Crippen LogP) is 1.16. The van der Waals surface area contributed by atoms with Crippen LogP contribution in [0.3, 0.4) is 0 Å². The lowest BCUT2D eigenvalue weighted by atomic mass is 9.77. The smallest absolute Gasteiger partial charge is 0.168 e. The zero-order valence-electron chi connectivity index (χ0n) is 8.16. The Morgan fingerprint density at radius 1 is 1.38 bits per heavy atom. The molecule has 2 aliphatic rings. The molecule has 0 aromatic heterocycles. The van der Waals surface area contributed by atoms with Gasteiger partial charge in [-0.2, -0.15) is 0 Å². The molecule has 1 aliphatic heterocycles. The van der Waals surface area contributed by atoms with Crippen molar-refractivity contribution >= 4 is 0 Å². The van der Waals surface area contributed by atoms with Crippen LogP contribution in [0, 0.1) is 11.8 Å². The summed E-state index contributed by atoms with van der Waals surface area (Å²) in [6, 6.07) is 0. The van der Waals surface area contributed by atoms with Gasteiger partial charge >= 0.3 is 0 Å². The number of ether oxygens (including phenoxy) is 2. The molecule has 0 aromatic rings. The topological polar surface area (TPSA) is 38.7 Å². The highest BCUT2D eigenvalue weighted by atomic mass is 16.7. The first-order valence-electron chi connectivity index (χ1n) is 5.14. The Morgan fingerprint density at radius 2 is 2.08 bits per heavy atom. The Balaban J connectivity index is 1.97. The van der Waals surface area contributed by atoms with E-state index in [0.717, 1.165) is 32.5 Å². The predicted molar refractivity (Wildman–Crippen MR) is 48.2 cm³/mol. The molecule has 0 unspecified atom stereocenters. The van der Waals surface area contributed by atoms with E-state index in [-0.39, 0.29) is 5.79 Å². The third-order valence-electron chi connectivity index (χ3n) is 3.38. The second-order valence-electron chi connectivity index (χ2n) is 4.27. The van der Waals surface area contributed by atoms with Crippen molar-refractivity contribution in [3.05, 3.63) is 0 Å². The molecular formula is C10H18O3. The minimum absolute atomic E-state index is 0.287. The van der Waals surface area contributed by atoms with Crippen molar-refractivity contribution in [1.82, 2.24) is 0 Å². The van der Waals surface area contributed by atoms with E-state index in [1.54, 1.807) is 0 Å². The molecule has 3 heteroatoms. The van der Waals surface area contributed by atoms with Crippen LogP contribution < -0.4 is 0 Å². The molecule has 1 aliphatic carbocycles. The third-order valence-corrected chi connectivity index (χ3v) is 3.38. The second-order valence-corrected chi connectivity index (χ2v) is 4.27. The van der Waals surface area contributed by atoms with Gasteiger partial charge in [-0.1, -0.05) is 6.92 Å². The summed E-state index contributed by atoms with van der Waals surface area (Å²) in [7, 11) is 0. The summed E-state index contributed by atoms with van der Waals surface area (Å²) in [5, 5.41) is 9.11. The molecule has 0 bridgehead atoms. The van der Waals surface area contributed by atoms with Gasteiger partial charge in [0.1, 0.15) is 0 Å². The Kier molecular flexibility index (Phi) is 2.58. The van der Waals surface area contributed by atoms with Gasteiger partial charge in [0.05, 0.1) is 13.2 Å². The molecule has 1 saturated carbocycles. The first kappa shape index (κ1) is 9.44. The minimum atomic E-state index is -0.287. The number of aliphatic hydroxyl groups is 1. The van der Waals surface area contributed by atoms with E-state index < -0.39 is 0 Å². The molecule has 1 spiro atoms. The summed E-state index contributed by atoms with van der Waals surface area (Å²) in [6.45, 7) is 3.94. The molecule has 13 heavy (non-hydrogen) atoms. The van der Waals surface area contributed by atoms with Crippen LogP contribution in [-0.2, 0) is 9.47 Å². The van der Waals surface area contributed by atoms with Crippen molar-refractivity contribution in [2.24, 2.45) is 11.8 Å². The molecular weight excluding hydrogens is 168 g/mol. The van der Waals surface area contributed by atoms with Gasteiger partial charge in [0.15, 0.2) is 5.79 Å². The summed E-state index contributed by atoms with van der Waals surface area (Å²) in [5.41, 5.74) is 0. The molecule has 2 atom stereocenters. The normalized spacial score (nSPS) is 38.3. The highest BCUT2D eigenvalue weighted by molar-refractivity contribution is 4.85. The van der Waals surface area contributed by atoms with Gasteiger partial charge in [0, 0.05) is 19.4 Å². The van der Waals surface area contributed by atoms with Gasteiger partial charge in [0.2, 0.25) is 0 Å². The standard InChI is InChI=1S/C10H18O3/c1-8-6-10(12-4-5-13-10)3-2-9(8)7-11/h8-9,11H,2-7H2,1H3/t8-,9-/m1/s1. The fourth-order valence-electron chi connectivity index (χ4n) is 2.48. The minimum Gasteiger partial charge on any atom is -0.396 e. The Morgan fingerprint density at radius 3 is 2.62 bits per heavy atom. The number of hydrogen-bond acceptors (Lipinski definition) is 3. The molecule has 1 N–H and O–H groups in total. The van der Waals surface area contributed by atoms with Gasteiger partial charge in [0.25, 0.3) is 0 Å². The summed E-state index contributed by atoms with van der Waals surface area (Å²) in [4.78, 5) is 0. The van der Waals surface area contributed by atoms with Crippen LogP contribution in [-0.4, -0.2) is 30.7 Å². The summed E-state index contributed by atoms with van der Waals surface area (Å²) in [6.07, 6.45) is 2.92. The van der Waals surface area contributed by atoms with Crippen LogP contribution in [0.25, 0.3) is 0 Å². The Labute approximate surface area is 79.0 Å². The van der Waals surface area contributed by atoms with Gasteiger partial charge in [-0.3, -0.25) is 0 Å². The van der Waals surface area contributed by atoms with Crippen LogP contribution in [0.1, 0.15) is 26.2 Å². The molecule has 2 rings (SSSR count). The van der Waals surface area contributed by atoms with E-state index in [1.165, 1.54) is 0 Å². The first-order valence-corrected chi connectivity index (χ1v) is 5.14. The second kappa shape index (κ2) is 3.56.